The zero-order valence-corrected chi connectivity index (χ0v) is 16.4. The lowest BCUT2D eigenvalue weighted by Crippen LogP contribution is -2.26. The van der Waals surface area contributed by atoms with Gasteiger partial charge in [0.15, 0.2) is 0 Å². The monoisotopic (exact) mass is 390 g/mol. The first kappa shape index (κ1) is 18.5. The molecule has 0 aliphatic carbocycles. The van der Waals surface area contributed by atoms with E-state index in [1.807, 2.05) is 19.1 Å². The number of carbonyl (C=O) groups is 1. The molecule has 0 saturated carbocycles. The quantitative estimate of drug-likeness (QED) is 0.469. The third-order valence-electron chi connectivity index (χ3n) is 4.22. The van der Waals surface area contributed by atoms with Gasteiger partial charge in [-0.15, -0.1) is 11.3 Å². The number of nitrogens with zero attached hydrogens (tertiary/aromatic N) is 4. The first-order valence-electron chi connectivity index (χ1n) is 8.24. The van der Waals surface area contributed by atoms with Crippen LogP contribution < -0.4 is 4.90 Å². The summed E-state index contributed by atoms with van der Waals surface area (Å²) in [7, 11) is 1.37. The number of pyridine rings is 1. The van der Waals surface area contributed by atoms with Gasteiger partial charge in [-0.25, -0.2) is 9.78 Å². The van der Waals surface area contributed by atoms with Gasteiger partial charge in [-0.1, -0.05) is 0 Å². The highest BCUT2D eigenvalue weighted by Gasteiger charge is 2.23. The van der Waals surface area contributed by atoms with Crippen molar-refractivity contribution in [3.8, 4) is 0 Å². The van der Waals surface area contributed by atoms with Crippen molar-refractivity contribution in [2.75, 3.05) is 25.1 Å². The van der Waals surface area contributed by atoms with Crippen molar-refractivity contribution in [2.45, 2.75) is 20.3 Å². The first-order valence-corrected chi connectivity index (χ1v) is 9.43. The maximum Gasteiger partial charge on any atom is 0.348 e. The fourth-order valence-electron chi connectivity index (χ4n) is 2.84. The van der Waals surface area contributed by atoms with E-state index in [0.717, 1.165) is 36.3 Å². The zero-order chi connectivity index (χ0) is 18.7. The van der Waals surface area contributed by atoms with Crippen LogP contribution in [0.15, 0.2) is 24.5 Å². The Balaban J connectivity index is 2.01. The van der Waals surface area contributed by atoms with Crippen molar-refractivity contribution in [1.29, 1.82) is 0 Å². The number of carbonyl (C=O) groups excluding carboxylic acids is 1. The fraction of sp³-hybridized carbons (Fsp3) is 0.333. The summed E-state index contributed by atoms with van der Waals surface area (Å²) in [4.78, 5) is 28.2. The van der Waals surface area contributed by atoms with Gasteiger partial charge >= 0.3 is 5.97 Å². The van der Waals surface area contributed by atoms with Gasteiger partial charge in [0.1, 0.15) is 15.5 Å². The molecule has 0 aliphatic heterocycles. The van der Waals surface area contributed by atoms with Gasteiger partial charge in [-0.05, 0) is 55.1 Å². The van der Waals surface area contributed by atoms with Crippen molar-refractivity contribution < 1.29 is 9.53 Å². The van der Waals surface area contributed by atoms with Crippen LogP contribution in [0.25, 0.3) is 10.2 Å². The highest BCUT2D eigenvalue weighted by Crippen LogP contribution is 2.36. The van der Waals surface area contributed by atoms with Crippen LogP contribution >= 0.6 is 22.9 Å². The number of methoxy groups -OCH3 is 1. The molecular weight excluding hydrogens is 372 g/mol. The molecule has 0 radical (unpaired) electrons. The number of likely N-dealkylation sites (N-methyl/N-ethyl adjacent to an activating group) is 1. The van der Waals surface area contributed by atoms with Gasteiger partial charge in [-0.3, -0.25) is 4.98 Å². The van der Waals surface area contributed by atoms with Crippen LogP contribution in [0.5, 0.6) is 0 Å². The number of halogens is 1. The SMILES string of the molecule is CCN(CCc1ccncc1)c1nc(Cl)nc2sc(C(=O)OC)c(C)c12. The molecule has 0 atom stereocenters. The average molecular weight is 391 g/mol. The summed E-state index contributed by atoms with van der Waals surface area (Å²) < 4.78 is 4.88. The Morgan fingerprint density at radius 2 is 2.04 bits per heavy atom. The lowest BCUT2D eigenvalue weighted by atomic mass is 10.1. The molecule has 26 heavy (non-hydrogen) atoms. The average Bonchev–Trinajstić information content (AvgIpc) is 2.98. The van der Waals surface area contributed by atoms with Crippen LogP contribution in [-0.4, -0.2) is 41.1 Å². The molecule has 3 rings (SSSR count). The molecule has 6 nitrogen and oxygen atoms in total. The standard InChI is InChI=1S/C18H19ClN4O2S/c1-4-23(10-7-12-5-8-20-9-6-12)15-13-11(2)14(17(24)25-3)26-16(13)22-18(19)21-15/h5-6,8-9H,4,7,10H2,1-3H3. The Hall–Kier alpha value is -2.25. The minimum Gasteiger partial charge on any atom is -0.465 e. The maximum atomic E-state index is 12.0. The predicted molar refractivity (Wildman–Crippen MR) is 104 cm³/mol. The Kier molecular flexibility index (Phi) is 5.68. The van der Waals surface area contributed by atoms with E-state index in [1.54, 1.807) is 12.4 Å². The van der Waals surface area contributed by atoms with Crippen LogP contribution in [0.4, 0.5) is 5.82 Å². The van der Waals surface area contributed by atoms with Crippen LogP contribution in [0, 0.1) is 6.92 Å². The molecule has 0 bridgehead atoms. The van der Waals surface area contributed by atoms with Gasteiger partial charge in [0, 0.05) is 25.5 Å². The van der Waals surface area contributed by atoms with Crippen molar-refractivity contribution in [2.24, 2.45) is 0 Å². The number of aromatic nitrogens is 3. The second kappa shape index (κ2) is 7.97. The number of esters is 1. The van der Waals surface area contributed by atoms with Crippen molar-refractivity contribution >= 4 is 44.9 Å². The Labute approximate surface area is 160 Å². The molecule has 8 heteroatoms. The second-order valence-corrected chi connectivity index (χ2v) is 7.07. The highest BCUT2D eigenvalue weighted by molar-refractivity contribution is 7.20. The predicted octanol–water partition coefficient (Wildman–Crippen LogP) is 3.90. The number of rotatable bonds is 6. The Morgan fingerprint density at radius 1 is 1.31 bits per heavy atom. The number of anilines is 1. The van der Waals surface area contributed by atoms with Crippen LogP contribution in [0.3, 0.4) is 0 Å². The van der Waals surface area contributed by atoms with E-state index < -0.39 is 0 Å². The van der Waals surface area contributed by atoms with Gasteiger partial charge in [0.05, 0.1) is 12.5 Å². The summed E-state index contributed by atoms with van der Waals surface area (Å²) in [6, 6.07) is 4.00. The third-order valence-corrected chi connectivity index (χ3v) is 5.55. The Morgan fingerprint density at radius 3 is 2.69 bits per heavy atom. The fourth-order valence-corrected chi connectivity index (χ4v) is 4.14. The topological polar surface area (TPSA) is 68.2 Å². The van der Waals surface area contributed by atoms with E-state index in [9.17, 15) is 4.79 Å². The first-order chi connectivity index (χ1) is 12.5. The van der Waals surface area contributed by atoms with Crippen LogP contribution in [-0.2, 0) is 11.2 Å². The van der Waals surface area contributed by atoms with E-state index in [1.165, 1.54) is 24.0 Å². The smallest absolute Gasteiger partial charge is 0.348 e. The summed E-state index contributed by atoms with van der Waals surface area (Å²) in [5.74, 6) is 0.382. The van der Waals surface area contributed by atoms with E-state index in [0.29, 0.717) is 9.71 Å². The van der Waals surface area contributed by atoms with Crippen molar-refractivity contribution in [1.82, 2.24) is 15.0 Å². The van der Waals surface area contributed by atoms with Crippen LogP contribution in [0.1, 0.15) is 27.7 Å². The molecule has 0 aliphatic rings. The molecule has 0 N–H and O–H groups in total. The minimum absolute atomic E-state index is 0.174. The van der Waals surface area contributed by atoms with E-state index in [-0.39, 0.29) is 11.3 Å². The number of fused-ring (bicyclic) bond motifs is 1. The largest absolute Gasteiger partial charge is 0.465 e. The lowest BCUT2D eigenvalue weighted by molar-refractivity contribution is 0.0605. The summed E-state index contributed by atoms with van der Waals surface area (Å²) in [6.07, 6.45) is 4.43. The number of hydrogen-bond donors (Lipinski definition) is 0. The molecule has 3 aromatic rings. The summed E-state index contributed by atoms with van der Waals surface area (Å²) in [5.41, 5.74) is 2.03. The molecule has 0 saturated heterocycles. The van der Waals surface area contributed by atoms with E-state index >= 15 is 0 Å². The van der Waals surface area contributed by atoms with Gasteiger partial charge in [0.2, 0.25) is 5.28 Å². The molecule has 0 fully saturated rings. The minimum atomic E-state index is -0.368. The van der Waals surface area contributed by atoms with Crippen molar-refractivity contribution in [3.05, 3.63) is 45.8 Å². The normalized spacial score (nSPS) is 10.9. The van der Waals surface area contributed by atoms with Gasteiger partial charge in [-0.2, -0.15) is 4.98 Å². The molecule has 0 spiro atoms. The summed E-state index contributed by atoms with van der Waals surface area (Å²) in [5, 5.41) is 1.03. The maximum absolute atomic E-state index is 12.0. The molecule has 0 aromatic carbocycles. The van der Waals surface area contributed by atoms with Gasteiger partial charge < -0.3 is 9.64 Å². The van der Waals surface area contributed by atoms with E-state index in [2.05, 4.69) is 26.8 Å². The molecule has 0 amide bonds. The molecule has 136 valence electrons. The molecule has 0 unspecified atom stereocenters. The second-order valence-electron chi connectivity index (χ2n) is 5.73. The van der Waals surface area contributed by atoms with Crippen molar-refractivity contribution in [3.63, 3.8) is 0 Å². The summed E-state index contributed by atoms with van der Waals surface area (Å²) in [6.45, 7) is 5.49. The molecule has 3 aromatic heterocycles. The van der Waals surface area contributed by atoms with E-state index in [4.69, 9.17) is 16.3 Å². The van der Waals surface area contributed by atoms with Crippen LogP contribution in [0.2, 0.25) is 5.28 Å². The highest BCUT2D eigenvalue weighted by atomic mass is 35.5. The number of aryl methyl sites for hydroxylation is 1. The van der Waals surface area contributed by atoms with Gasteiger partial charge in [0.25, 0.3) is 0 Å². The zero-order valence-electron chi connectivity index (χ0n) is 14.8. The number of thiophene rings is 1. The third kappa shape index (κ3) is 3.64. The number of hydrogen-bond acceptors (Lipinski definition) is 7. The number of ether oxygens (including phenoxy) is 1. The molecular formula is C18H19ClN4O2S. The molecule has 3 heterocycles. The summed E-state index contributed by atoms with van der Waals surface area (Å²) >= 11 is 7.43. The Bertz CT molecular complexity index is 930. The lowest BCUT2D eigenvalue weighted by Gasteiger charge is -2.23.